The Balaban J connectivity index is 0.00000361. The molecule has 5 nitrogen and oxygen atoms in total. The number of hydrogen-bond donors (Lipinski definition) is 2. The van der Waals surface area contributed by atoms with Gasteiger partial charge < -0.3 is 11.1 Å². The van der Waals surface area contributed by atoms with E-state index in [9.17, 15) is 13.2 Å². The molecule has 0 fully saturated rings. The highest BCUT2D eigenvalue weighted by Gasteiger charge is 2.20. The summed E-state index contributed by atoms with van der Waals surface area (Å²) >= 11 is 0. The highest BCUT2D eigenvalue weighted by Crippen LogP contribution is 2.16. The Kier molecular flexibility index (Phi) is 7.78. The number of carbonyl (C=O) groups excluding carboxylic acids is 1. The fourth-order valence-electron chi connectivity index (χ4n) is 1.59. The second-order valence-electron chi connectivity index (χ2n) is 4.42. The number of benzene rings is 1. The van der Waals surface area contributed by atoms with Crippen LogP contribution in [0.25, 0.3) is 0 Å². The van der Waals surface area contributed by atoms with Gasteiger partial charge in [0, 0.05) is 12.6 Å². The molecule has 0 heterocycles. The Morgan fingerprint density at radius 2 is 1.95 bits per heavy atom. The molecule has 0 aliphatic rings. The van der Waals surface area contributed by atoms with Gasteiger partial charge in [-0.2, -0.15) is 0 Å². The Morgan fingerprint density at radius 3 is 2.50 bits per heavy atom. The molecule has 20 heavy (non-hydrogen) atoms. The molecule has 0 aliphatic carbocycles. The minimum absolute atomic E-state index is 0. The molecule has 0 radical (unpaired) electrons. The number of halogens is 1. The van der Waals surface area contributed by atoms with Crippen LogP contribution in [-0.2, 0) is 9.84 Å². The van der Waals surface area contributed by atoms with Gasteiger partial charge in [0.25, 0.3) is 5.91 Å². The van der Waals surface area contributed by atoms with Crippen LogP contribution in [-0.4, -0.2) is 32.7 Å². The van der Waals surface area contributed by atoms with Gasteiger partial charge in [0.05, 0.1) is 16.2 Å². The standard InChI is InChI=1S/C13H20N2O3S.ClH/c1-3-19(17,18)12-7-5-4-6-11(12)13(16)15-9-8-10(2)14;/h4-7,10H,3,8-9,14H2,1-2H3,(H,15,16);1H. The molecule has 1 rings (SSSR count). The fourth-order valence-corrected chi connectivity index (χ4v) is 2.68. The van der Waals surface area contributed by atoms with E-state index in [0.29, 0.717) is 13.0 Å². The van der Waals surface area contributed by atoms with E-state index in [1.54, 1.807) is 19.1 Å². The Hall–Kier alpha value is -1.11. The normalized spacial score (nSPS) is 12.3. The van der Waals surface area contributed by atoms with E-state index in [1.807, 2.05) is 6.92 Å². The monoisotopic (exact) mass is 320 g/mol. The second-order valence-corrected chi connectivity index (χ2v) is 6.67. The zero-order chi connectivity index (χ0) is 14.5. The fraction of sp³-hybridized carbons (Fsp3) is 0.462. The molecule has 0 saturated carbocycles. The van der Waals surface area contributed by atoms with Gasteiger partial charge in [0.1, 0.15) is 0 Å². The summed E-state index contributed by atoms with van der Waals surface area (Å²) in [6, 6.07) is 6.23. The lowest BCUT2D eigenvalue weighted by molar-refractivity contribution is 0.0949. The molecule has 1 aromatic carbocycles. The van der Waals surface area contributed by atoms with E-state index < -0.39 is 9.84 Å². The van der Waals surface area contributed by atoms with E-state index in [0.717, 1.165) is 0 Å². The lowest BCUT2D eigenvalue weighted by Gasteiger charge is -2.10. The number of rotatable bonds is 6. The molecule has 7 heteroatoms. The summed E-state index contributed by atoms with van der Waals surface area (Å²) in [5.74, 6) is -0.412. The van der Waals surface area contributed by atoms with Gasteiger partial charge in [-0.15, -0.1) is 12.4 Å². The zero-order valence-electron chi connectivity index (χ0n) is 11.6. The first-order chi connectivity index (χ1) is 8.88. The first-order valence-corrected chi connectivity index (χ1v) is 7.89. The molecular formula is C13H21ClN2O3S. The summed E-state index contributed by atoms with van der Waals surface area (Å²) < 4.78 is 23.8. The smallest absolute Gasteiger partial charge is 0.252 e. The zero-order valence-corrected chi connectivity index (χ0v) is 13.3. The van der Waals surface area contributed by atoms with Gasteiger partial charge in [-0.1, -0.05) is 19.1 Å². The van der Waals surface area contributed by atoms with E-state index in [-0.39, 0.29) is 40.6 Å². The summed E-state index contributed by atoms with van der Waals surface area (Å²) in [6.07, 6.45) is 0.647. The number of carbonyl (C=O) groups is 1. The van der Waals surface area contributed by atoms with Crippen molar-refractivity contribution in [2.45, 2.75) is 31.2 Å². The number of sulfone groups is 1. The van der Waals surface area contributed by atoms with Crippen molar-refractivity contribution in [3.63, 3.8) is 0 Å². The molecule has 0 spiro atoms. The van der Waals surface area contributed by atoms with Crippen LogP contribution in [0, 0.1) is 0 Å². The van der Waals surface area contributed by atoms with Crippen molar-refractivity contribution in [3.8, 4) is 0 Å². The summed E-state index contributed by atoms with van der Waals surface area (Å²) in [7, 11) is -3.40. The van der Waals surface area contributed by atoms with Crippen LogP contribution in [0.1, 0.15) is 30.6 Å². The van der Waals surface area contributed by atoms with Crippen LogP contribution < -0.4 is 11.1 Å². The minimum Gasteiger partial charge on any atom is -0.352 e. The molecule has 3 N–H and O–H groups in total. The molecule has 0 saturated heterocycles. The number of nitrogens with one attached hydrogen (secondary N) is 1. The number of hydrogen-bond acceptors (Lipinski definition) is 4. The van der Waals surface area contributed by atoms with E-state index in [2.05, 4.69) is 5.32 Å². The Bertz CT molecular complexity index is 544. The summed E-state index contributed by atoms with van der Waals surface area (Å²) in [5.41, 5.74) is 5.78. The average molecular weight is 321 g/mol. The highest BCUT2D eigenvalue weighted by atomic mass is 35.5. The number of nitrogens with two attached hydrogens (primary N) is 1. The van der Waals surface area contributed by atoms with Gasteiger partial charge in [-0.25, -0.2) is 8.42 Å². The van der Waals surface area contributed by atoms with E-state index in [4.69, 9.17) is 5.73 Å². The molecule has 1 atom stereocenters. The largest absolute Gasteiger partial charge is 0.352 e. The van der Waals surface area contributed by atoms with Crippen molar-refractivity contribution in [2.75, 3.05) is 12.3 Å². The first kappa shape index (κ1) is 18.9. The third-order valence-corrected chi connectivity index (χ3v) is 4.52. The van der Waals surface area contributed by atoms with Crippen molar-refractivity contribution in [3.05, 3.63) is 29.8 Å². The van der Waals surface area contributed by atoms with Crippen LogP contribution in [0.5, 0.6) is 0 Å². The van der Waals surface area contributed by atoms with Crippen LogP contribution >= 0.6 is 12.4 Å². The molecule has 0 aromatic heterocycles. The summed E-state index contributed by atoms with van der Waals surface area (Å²) in [6.45, 7) is 3.83. The molecule has 1 unspecified atom stereocenters. The summed E-state index contributed by atoms with van der Waals surface area (Å²) in [4.78, 5) is 12.1. The van der Waals surface area contributed by atoms with Crippen LogP contribution in [0.2, 0.25) is 0 Å². The Morgan fingerprint density at radius 1 is 1.35 bits per heavy atom. The van der Waals surface area contributed by atoms with Gasteiger partial charge >= 0.3 is 0 Å². The lowest BCUT2D eigenvalue weighted by Crippen LogP contribution is -2.30. The van der Waals surface area contributed by atoms with Crippen LogP contribution in [0.4, 0.5) is 0 Å². The number of amides is 1. The molecule has 1 amide bonds. The van der Waals surface area contributed by atoms with Gasteiger partial charge in [-0.05, 0) is 25.5 Å². The highest BCUT2D eigenvalue weighted by molar-refractivity contribution is 7.91. The van der Waals surface area contributed by atoms with Gasteiger partial charge in [0.2, 0.25) is 0 Å². The SMILES string of the molecule is CCS(=O)(=O)c1ccccc1C(=O)NCCC(C)N.Cl. The van der Waals surface area contributed by atoms with Crippen molar-refractivity contribution in [1.29, 1.82) is 0 Å². The predicted molar refractivity (Wildman–Crippen MR) is 82.0 cm³/mol. The van der Waals surface area contributed by atoms with Crippen molar-refractivity contribution in [2.24, 2.45) is 5.73 Å². The first-order valence-electron chi connectivity index (χ1n) is 6.24. The molecule has 0 aliphatic heterocycles. The quantitative estimate of drug-likeness (QED) is 0.828. The van der Waals surface area contributed by atoms with E-state index >= 15 is 0 Å². The van der Waals surface area contributed by atoms with Crippen molar-refractivity contribution < 1.29 is 13.2 Å². The average Bonchev–Trinajstić information content (AvgIpc) is 2.38. The second kappa shape index (κ2) is 8.24. The minimum atomic E-state index is -3.40. The predicted octanol–water partition coefficient (Wildman–Crippen LogP) is 1.37. The molecule has 1 aromatic rings. The maximum Gasteiger partial charge on any atom is 0.252 e. The molecule has 0 bridgehead atoms. The third kappa shape index (κ3) is 5.11. The van der Waals surface area contributed by atoms with Crippen LogP contribution in [0.15, 0.2) is 29.2 Å². The van der Waals surface area contributed by atoms with Gasteiger partial charge in [-0.3, -0.25) is 4.79 Å². The van der Waals surface area contributed by atoms with Crippen LogP contribution in [0.3, 0.4) is 0 Å². The van der Waals surface area contributed by atoms with Crippen molar-refractivity contribution >= 4 is 28.2 Å². The Labute approximate surface area is 126 Å². The topological polar surface area (TPSA) is 89.3 Å². The summed E-state index contributed by atoms with van der Waals surface area (Å²) in [5, 5.41) is 2.68. The van der Waals surface area contributed by atoms with Crippen molar-refractivity contribution in [1.82, 2.24) is 5.32 Å². The molecular weight excluding hydrogens is 300 g/mol. The lowest BCUT2D eigenvalue weighted by atomic mass is 10.2. The third-order valence-electron chi connectivity index (χ3n) is 2.73. The molecule has 114 valence electrons. The maximum atomic E-state index is 12.0. The van der Waals surface area contributed by atoms with Gasteiger partial charge in [0.15, 0.2) is 9.84 Å². The maximum absolute atomic E-state index is 12.0. The van der Waals surface area contributed by atoms with E-state index in [1.165, 1.54) is 12.1 Å².